The number of nitrogens with zero attached hydrogens (tertiary/aromatic N) is 2. The van der Waals surface area contributed by atoms with E-state index in [2.05, 4.69) is 27.4 Å². The molecule has 0 saturated heterocycles. The topological polar surface area (TPSA) is 95.2 Å². The van der Waals surface area contributed by atoms with Crippen molar-refractivity contribution in [1.29, 1.82) is 0 Å². The number of fused-ring (bicyclic) bond motifs is 1. The fraction of sp³-hybridized carbons (Fsp3) is 0.360. The fourth-order valence-electron chi connectivity index (χ4n) is 4.62. The first-order valence-corrected chi connectivity index (χ1v) is 11.1. The number of likely N-dealkylation sites (N-methyl/N-ethyl adjacent to an activating group) is 1. The van der Waals surface area contributed by atoms with E-state index in [4.69, 9.17) is 0 Å². The largest absolute Gasteiger partial charge is 0.349 e. The molecular formula is C25H28N4O3. The van der Waals surface area contributed by atoms with Crippen LogP contribution in [0.2, 0.25) is 0 Å². The van der Waals surface area contributed by atoms with Crippen LogP contribution in [0.25, 0.3) is 10.9 Å². The molecule has 7 nitrogen and oxygen atoms in total. The van der Waals surface area contributed by atoms with Gasteiger partial charge in [-0.2, -0.15) is 0 Å². The third-order valence-electron chi connectivity index (χ3n) is 6.32. The number of hydrogen-bond donors (Lipinski definition) is 2. The second-order valence-electron chi connectivity index (χ2n) is 8.42. The zero-order chi connectivity index (χ0) is 22.6. The smallest absolute Gasteiger partial charge is 0.287 e. The lowest BCUT2D eigenvalue weighted by atomic mass is 9.77. The van der Waals surface area contributed by atoms with Gasteiger partial charge in [0.2, 0.25) is 5.91 Å². The highest BCUT2D eigenvalue weighted by Gasteiger charge is 2.43. The Balaban J connectivity index is 1.34. The average Bonchev–Trinajstić information content (AvgIpc) is 3.33. The van der Waals surface area contributed by atoms with Crippen LogP contribution in [-0.4, -0.2) is 46.8 Å². The first-order valence-electron chi connectivity index (χ1n) is 11.1. The van der Waals surface area contributed by atoms with E-state index in [0.717, 1.165) is 31.2 Å². The molecule has 1 fully saturated rings. The number of H-pyrrole nitrogens is 1. The maximum atomic E-state index is 13.4. The Morgan fingerprint density at radius 2 is 1.75 bits per heavy atom. The molecule has 3 aromatic rings. The molecule has 2 amide bonds. The van der Waals surface area contributed by atoms with Crippen LogP contribution in [-0.2, 0) is 10.2 Å². The van der Waals surface area contributed by atoms with Gasteiger partial charge in [0.05, 0.1) is 16.3 Å². The monoisotopic (exact) mass is 432 g/mol. The number of aromatic nitrogens is 2. The van der Waals surface area contributed by atoms with Crippen LogP contribution in [0.15, 0.2) is 59.4 Å². The van der Waals surface area contributed by atoms with Gasteiger partial charge >= 0.3 is 0 Å². The highest BCUT2D eigenvalue weighted by atomic mass is 16.2. The van der Waals surface area contributed by atoms with Gasteiger partial charge in [0.15, 0.2) is 5.82 Å². The summed E-state index contributed by atoms with van der Waals surface area (Å²) in [5, 5.41) is 3.23. The van der Waals surface area contributed by atoms with Gasteiger partial charge in [-0.25, -0.2) is 4.98 Å². The first kappa shape index (κ1) is 21.7. The van der Waals surface area contributed by atoms with Gasteiger partial charge in [-0.05, 0) is 37.0 Å². The number of rotatable bonds is 7. The number of hydrogen-bond acceptors (Lipinski definition) is 4. The Morgan fingerprint density at radius 3 is 2.50 bits per heavy atom. The summed E-state index contributed by atoms with van der Waals surface area (Å²) in [6.45, 7) is 0.917. The van der Waals surface area contributed by atoms with E-state index >= 15 is 0 Å². The molecule has 1 heterocycles. The van der Waals surface area contributed by atoms with E-state index in [9.17, 15) is 14.4 Å². The molecule has 1 saturated carbocycles. The molecule has 0 atom stereocenters. The Labute approximate surface area is 186 Å². The molecule has 0 spiro atoms. The Kier molecular flexibility index (Phi) is 6.35. The van der Waals surface area contributed by atoms with Gasteiger partial charge < -0.3 is 15.2 Å². The van der Waals surface area contributed by atoms with Gasteiger partial charge in [0.1, 0.15) is 0 Å². The second kappa shape index (κ2) is 9.34. The van der Waals surface area contributed by atoms with Gasteiger partial charge in [-0.1, -0.05) is 55.3 Å². The number of carbonyl (C=O) groups is 2. The average molecular weight is 433 g/mol. The zero-order valence-electron chi connectivity index (χ0n) is 18.3. The molecule has 0 bridgehead atoms. The van der Waals surface area contributed by atoms with E-state index in [1.54, 1.807) is 29.2 Å². The van der Waals surface area contributed by atoms with E-state index in [0.29, 0.717) is 30.4 Å². The Morgan fingerprint density at radius 1 is 1.06 bits per heavy atom. The van der Waals surface area contributed by atoms with Crippen LogP contribution < -0.4 is 10.9 Å². The van der Waals surface area contributed by atoms with Crippen molar-refractivity contribution in [3.05, 3.63) is 76.3 Å². The zero-order valence-corrected chi connectivity index (χ0v) is 18.3. The van der Waals surface area contributed by atoms with Crippen molar-refractivity contribution < 1.29 is 9.59 Å². The molecule has 1 aliphatic rings. The highest BCUT2D eigenvalue weighted by Crippen LogP contribution is 2.42. The van der Waals surface area contributed by atoms with Crippen molar-refractivity contribution in [1.82, 2.24) is 20.2 Å². The standard InChI is InChI=1S/C25H28N4O3/c1-29(24(32)25(14-7-8-15-25)18-10-3-2-4-11-18)17-9-16-26-23(31)21-27-20-13-6-5-12-19(20)22(30)28-21/h2-6,10-13H,7-9,14-17H2,1H3,(H,26,31)(H,27,28,30). The molecule has 7 heteroatoms. The van der Waals surface area contributed by atoms with Crippen molar-refractivity contribution in [2.45, 2.75) is 37.5 Å². The predicted octanol–water partition coefficient (Wildman–Crippen LogP) is 3.01. The van der Waals surface area contributed by atoms with E-state index < -0.39 is 11.3 Å². The van der Waals surface area contributed by atoms with Crippen LogP contribution in [0.4, 0.5) is 0 Å². The molecule has 166 valence electrons. The van der Waals surface area contributed by atoms with Crippen molar-refractivity contribution in [2.24, 2.45) is 0 Å². The summed E-state index contributed by atoms with van der Waals surface area (Å²) < 4.78 is 0. The number of amides is 2. The lowest BCUT2D eigenvalue weighted by molar-refractivity contribution is -0.136. The summed E-state index contributed by atoms with van der Waals surface area (Å²) in [5.74, 6) is -0.293. The van der Waals surface area contributed by atoms with E-state index in [-0.39, 0.29) is 17.3 Å². The van der Waals surface area contributed by atoms with Gasteiger partial charge in [0, 0.05) is 20.1 Å². The van der Waals surface area contributed by atoms with Gasteiger partial charge in [-0.15, -0.1) is 0 Å². The minimum atomic E-state index is -0.437. The molecule has 2 N–H and O–H groups in total. The Bertz CT molecular complexity index is 1170. The van der Waals surface area contributed by atoms with Gasteiger partial charge in [0.25, 0.3) is 11.5 Å². The number of benzene rings is 2. The van der Waals surface area contributed by atoms with Gasteiger partial charge in [-0.3, -0.25) is 14.4 Å². The fourth-order valence-corrected chi connectivity index (χ4v) is 4.62. The molecule has 2 aromatic carbocycles. The minimum absolute atomic E-state index is 0.00730. The third-order valence-corrected chi connectivity index (χ3v) is 6.32. The van der Waals surface area contributed by atoms with Crippen LogP contribution in [0.5, 0.6) is 0 Å². The maximum absolute atomic E-state index is 13.4. The van der Waals surface area contributed by atoms with Crippen molar-refractivity contribution in [3.8, 4) is 0 Å². The molecule has 32 heavy (non-hydrogen) atoms. The van der Waals surface area contributed by atoms with E-state index in [1.165, 1.54) is 0 Å². The molecular weight excluding hydrogens is 404 g/mol. The molecule has 0 radical (unpaired) electrons. The van der Waals surface area contributed by atoms with Crippen LogP contribution >= 0.6 is 0 Å². The number of para-hydroxylation sites is 1. The number of aromatic amines is 1. The van der Waals surface area contributed by atoms with Crippen molar-refractivity contribution in [3.63, 3.8) is 0 Å². The Hall–Kier alpha value is -3.48. The molecule has 1 aliphatic carbocycles. The summed E-state index contributed by atoms with van der Waals surface area (Å²) in [4.78, 5) is 46.5. The van der Waals surface area contributed by atoms with Crippen LogP contribution in [0.3, 0.4) is 0 Å². The summed E-state index contributed by atoms with van der Waals surface area (Å²) >= 11 is 0. The summed E-state index contributed by atoms with van der Waals surface area (Å²) in [6, 6.07) is 17.0. The van der Waals surface area contributed by atoms with Crippen molar-refractivity contribution >= 4 is 22.7 Å². The highest BCUT2D eigenvalue weighted by molar-refractivity contribution is 5.92. The first-order chi connectivity index (χ1) is 15.5. The number of nitrogens with one attached hydrogen (secondary N) is 2. The second-order valence-corrected chi connectivity index (χ2v) is 8.42. The minimum Gasteiger partial charge on any atom is -0.349 e. The molecule has 1 aromatic heterocycles. The lowest BCUT2D eigenvalue weighted by Crippen LogP contribution is -2.44. The van der Waals surface area contributed by atoms with Crippen LogP contribution in [0, 0.1) is 0 Å². The van der Waals surface area contributed by atoms with Crippen molar-refractivity contribution in [2.75, 3.05) is 20.1 Å². The summed E-state index contributed by atoms with van der Waals surface area (Å²) in [5.41, 5.74) is 0.797. The lowest BCUT2D eigenvalue weighted by Gasteiger charge is -2.33. The predicted molar refractivity (Wildman–Crippen MR) is 124 cm³/mol. The summed E-state index contributed by atoms with van der Waals surface area (Å²) in [6.07, 6.45) is 4.47. The molecule has 4 rings (SSSR count). The number of carbonyl (C=O) groups excluding carboxylic acids is 2. The summed E-state index contributed by atoms with van der Waals surface area (Å²) in [7, 11) is 1.83. The van der Waals surface area contributed by atoms with E-state index in [1.807, 2.05) is 25.2 Å². The molecule has 0 unspecified atom stereocenters. The third kappa shape index (κ3) is 4.28. The quantitative estimate of drug-likeness (QED) is 0.561. The maximum Gasteiger partial charge on any atom is 0.287 e. The normalized spacial score (nSPS) is 14.9. The van der Waals surface area contributed by atoms with Crippen LogP contribution in [0.1, 0.15) is 48.3 Å². The molecule has 0 aliphatic heterocycles. The SMILES string of the molecule is CN(CCCNC(=O)c1nc2ccccc2c(=O)[nH]1)C(=O)C1(c2ccccc2)CCCC1.